The Kier molecular flexibility index (Phi) is 6.32. The molecule has 0 saturated carbocycles. The molecule has 0 aromatic carbocycles. The Bertz CT molecular complexity index is 713. The predicted octanol–water partition coefficient (Wildman–Crippen LogP) is 2.32. The first-order valence-electron chi connectivity index (χ1n) is 8.70. The molecule has 0 aliphatic carbocycles. The number of nitrogens with two attached hydrogens (primary N) is 1. The fourth-order valence-electron chi connectivity index (χ4n) is 2.82. The zero-order chi connectivity index (χ0) is 18.4. The lowest BCUT2D eigenvalue weighted by Gasteiger charge is -2.31. The highest BCUT2D eigenvalue weighted by Crippen LogP contribution is 2.24. The third kappa shape index (κ3) is 4.68. The van der Waals surface area contributed by atoms with E-state index in [1.165, 1.54) is 6.42 Å². The standard InChI is InChI=1S/C15H21N7O.C2H6/c1-10-4-3-5-22(8-10)12-7-17-13(14(16)23)15(20-12)19-11-6-18-21(2)9-11;1-2/h6-7,9-10H,3-5,8H2,1-2H3,(H2,16,23)(H,19,20);1-2H3/t10-;/m1./s1. The number of primary amides is 1. The predicted molar refractivity (Wildman–Crippen MR) is 99.0 cm³/mol. The molecule has 1 aliphatic heterocycles. The maximum absolute atomic E-state index is 11.6. The second kappa shape index (κ2) is 8.46. The van der Waals surface area contributed by atoms with Crippen molar-refractivity contribution in [3.05, 3.63) is 24.3 Å². The number of piperidine rings is 1. The van der Waals surface area contributed by atoms with Crippen molar-refractivity contribution >= 4 is 23.2 Å². The fourth-order valence-corrected chi connectivity index (χ4v) is 2.82. The number of aryl methyl sites for hydroxylation is 1. The number of carbonyl (C=O) groups is 1. The lowest BCUT2D eigenvalue weighted by atomic mass is 10.0. The Morgan fingerprint density at radius 1 is 1.36 bits per heavy atom. The van der Waals surface area contributed by atoms with E-state index >= 15 is 0 Å². The summed E-state index contributed by atoms with van der Waals surface area (Å²) < 4.78 is 1.66. The molecule has 1 saturated heterocycles. The summed E-state index contributed by atoms with van der Waals surface area (Å²) in [6.07, 6.45) is 7.42. The number of hydrogen-bond acceptors (Lipinski definition) is 6. The number of hydrogen-bond donors (Lipinski definition) is 2. The van der Waals surface area contributed by atoms with Crippen LogP contribution in [0, 0.1) is 5.92 Å². The molecule has 25 heavy (non-hydrogen) atoms. The van der Waals surface area contributed by atoms with E-state index in [2.05, 4.69) is 32.2 Å². The van der Waals surface area contributed by atoms with Gasteiger partial charge in [-0.2, -0.15) is 5.10 Å². The van der Waals surface area contributed by atoms with Crippen molar-refractivity contribution < 1.29 is 4.79 Å². The molecule has 1 amide bonds. The third-order valence-corrected chi connectivity index (χ3v) is 3.94. The molecule has 1 fully saturated rings. The monoisotopic (exact) mass is 345 g/mol. The van der Waals surface area contributed by atoms with Gasteiger partial charge in [0, 0.05) is 26.3 Å². The van der Waals surface area contributed by atoms with Crippen molar-refractivity contribution in [1.29, 1.82) is 0 Å². The van der Waals surface area contributed by atoms with Crippen molar-refractivity contribution in [2.24, 2.45) is 18.7 Å². The van der Waals surface area contributed by atoms with Gasteiger partial charge in [0.1, 0.15) is 5.82 Å². The van der Waals surface area contributed by atoms with Crippen molar-refractivity contribution in [3.8, 4) is 0 Å². The summed E-state index contributed by atoms with van der Waals surface area (Å²) in [7, 11) is 1.82. The summed E-state index contributed by atoms with van der Waals surface area (Å²) >= 11 is 0. The number of carbonyl (C=O) groups excluding carboxylic acids is 1. The van der Waals surface area contributed by atoms with Crippen molar-refractivity contribution in [1.82, 2.24) is 19.7 Å². The smallest absolute Gasteiger partial charge is 0.271 e. The van der Waals surface area contributed by atoms with Gasteiger partial charge in [-0.3, -0.25) is 9.48 Å². The minimum atomic E-state index is -0.609. The largest absolute Gasteiger partial charge is 0.364 e. The van der Waals surface area contributed by atoms with E-state index in [0.717, 1.165) is 31.0 Å². The Hall–Kier alpha value is -2.64. The van der Waals surface area contributed by atoms with Gasteiger partial charge in [-0.25, -0.2) is 9.97 Å². The lowest BCUT2D eigenvalue weighted by Crippen LogP contribution is -2.35. The zero-order valence-corrected chi connectivity index (χ0v) is 15.4. The van der Waals surface area contributed by atoms with Crippen LogP contribution >= 0.6 is 0 Å². The SMILES string of the molecule is CC.C[C@@H]1CCCN(c2cnc(C(N)=O)c(Nc3cnn(C)c3)n2)C1. The van der Waals surface area contributed by atoms with Gasteiger partial charge in [-0.15, -0.1) is 0 Å². The molecule has 0 bridgehead atoms. The summed E-state index contributed by atoms with van der Waals surface area (Å²) in [4.78, 5) is 22.6. The van der Waals surface area contributed by atoms with E-state index < -0.39 is 5.91 Å². The topological polar surface area (TPSA) is 102 Å². The highest BCUT2D eigenvalue weighted by molar-refractivity contribution is 5.96. The van der Waals surface area contributed by atoms with Crippen LogP contribution in [0.2, 0.25) is 0 Å². The van der Waals surface area contributed by atoms with Gasteiger partial charge in [0.25, 0.3) is 5.91 Å². The van der Waals surface area contributed by atoms with Crippen LogP contribution in [0.3, 0.4) is 0 Å². The number of nitrogens with one attached hydrogen (secondary N) is 1. The van der Waals surface area contributed by atoms with Crippen LogP contribution in [0.15, 0.2) is 18.6 Å². The number of nitrogens with zero attached hydrogens (tertiary/aromatic N) is 5. The van der Waals surface area contributed by atoms with Crippen LogP contribution in [-0.2, 0) is 7.05 Å². The second-order valence-electron chi connectivity index (χ2n) is 6.01. The maximum Gasteiger partial charge on any atom is 0.271 e. The van der Waals surface area contributed by atoms with Gasteiger partial charge in [0.2, 0.25) is 0 Å². The summed E-state index contributed by atoms with van der Waals surface area (Å²) in [6, 6.07) is 0. The summed E-state index contributed by atoms with van der Waals surface area (Å²) in [6.45, 7) is 8.12. The average Bonchev–Trinajstić information content (AvgIpc) is 3.01. The summed E-state index contributed by atoms with van der Waals surface area (Å²) in [5.41, 5.74) is 6.27. The van der Waals surface area contributed by atoms with Crippen LogP contribution in [-0.4, -0.2) is 38.7 Å². The van der Waals surface area contributed by atoms with Crippen LogP contribution < -0.4 is 16.0 Å². The first-order valence-corrected chi connectivity index (χ1v) is 8.70. The second-order valence-corrected chi connectivity index (χ2v) is 6.01. The molecule has 8 nitrogen and oxygen atoms in total. The molecule has 0 radical (unpaired) electrons. The number of anilines is 3. The summed E-state index contributed by atoms with van der Waals surface area (Å²) in [5, 5.41) is 7.17. The van der Waals surface area contributed by atoms with Crippen molar-refractivity contribution in [3.63, 3.8) is 0 Å². The molecule has 0 spiro atoms. The molecule has 3 N–H and O–H groups in total. The molecule has 1 atom stereocenters. The van der Waals surface area contributed by atoms with Crippen LogP contribution in [0.4, 0.5) is 17.3 Å². The molecule has 3 rings (SSSR count). The zero-order valence-electron chi connectivity index (χ0n) is 15.4. The highest BCUT2D eigenvalue weighted by atomic mass is 16.1. The third-order valence-electron chi connectivity index (χ3n) is 3.94. The minimum absolute atomic E-state index is 0.127. The van der Waals surface area contributed by atoms with Gasteiger partial charge in [-0.1, -0.05) is 20.8 Å². The molecule has 8 heteroatoms. The summed E-state index contributed by atoms with van der Waals surface area (Å²) in [5.74, 6) is 1.13. The molecule has 2 aromatic rings. The van der Waals surface area contributed by atoms with E-state index in [1.54, 1.807) is 23.3 Å². The number of rotatable bonds is 4. The first-order chi connectivity index (χ1) is 12.0. The average molecular weight is 345 g/mol. The highest BCUT2D eigenvalue weighted by Gasteiger charge is 2.20. The first kappa shape index (κ1) is 18.7. The lowest BCUT2D eigenvalue weighted by molar-refractivity contribution is 0.0996. The normalized spacial score (nSPS) is 16.8. The van der Waals surface area contributed by atoms with Crippen LogP contribution in [0.5, 0.6) is 0 Å². The van der Waals surface area contributed by atoms with E-state index in [0.29, 0.717) is 11.7 Å². The molecular weight excluding hydrogens is 318 g/mol. The molecule has 1 aliphatic rings. The van der Waals surface area contributed by atoms with Gasteiger partial charge in [-0.05, 0) is 18.8 Å². The van der Waals surface area contributed by atoms with E-state index in [-0.39, 0.29) is 5.69 Å². The molecule has 0 unspecified atom stereocenters. The van der Waals surface area contributed by atoms with E-state index in [4.69, 9.17) is 5.73 Å². The fraction of sp³-hybridized carbons (Fsp3) is 0.529. The van der Waals surface area contributed by atoms with Crippen molar-refractivity contribution in [2.45, 2.75) is 33.6 Å². The van der Waals surface area contributed by atoms with Gasteiger partial charge in [0.15, 0.2) is 11.5 Å². The molecule has 3 heterocycles. The Morgan fingerprint density at radius 3 is 2.72 bits per heavy atom. The van der Waals surface area contributed by atoms with Crippen LogP contribution in [0.25, 0.3) is 0 Å². The van der Waals surface area contributed by atoms with Crippen molar-refractivity contribution in [2.75, 3.05) is 23.3 Å². The Labute approximate surface area is 148 Å². The van der Waals surface area contributed by atoms with E-state index in [1.807, 2.05) is 20.9 Å². The quantitative estimate of drug-likeness (QED) is 0.881. The minimum Gasteiger partial charge on any atom is -0.364 e. The Balaban J connectivity index is 0.00000109. The molecule has 136 valence electrons. The molecule has 2 aromatic heterocycles. The van der Waals surface area contributed by atoms with Crippen LogP contribution in [0.1, 0.15) is 44.1 Å². The number of amides is 1. The van der Waals surface area contributed by atoms with Gasteiger partial charge < -0.3 is 16.0 Å². The Morgan fingerprint density at radius 2 is 2.12 bits per heavy atom. The number of aromatic nitrogens is 4. The molecular formula is C17H27N7O. The van der Waals surface area contributed by atoms with Gasteiger partial charge in [0.05, 0.1) is 18.1 Å². The maximum atomic E-state index is 11.6. The van der Waals surface area contributed by atoms with Gasteiger partial charge >= 0.3 is 0 Å². The van der Waals surface area contributed by atoms with E-state index in [9.17, 15) is 4.79 Å².